The lowest BCUT2D eigenvalue weighted by atomic mass is 10.1. The van der Waals surface area contributed by atoms with Crippen LogP contribution in [0.2, 0.25) is 0 Å². The van der Waals surface area contributed by atoms with E-state index in [1.54, 1.807) is 7.11 Å². The molecule has 0 radical (unpaired) electrons. The predicted molar refractivity (Wildman–Crippen MR) is 49.8 cm³/mol. The maximum atomic E-state index is 5.30. The van der Waals surface area contributed by atoms with Crippen LogP contribution in [-0.2, 0) is 4.74 Å². The molecule has 0 aromatic rings. The predicted octanol–water partition coefficient (Wildman–Crippen LogP) is 3.16. The zero-order valence-electron chi connectivity index (χ0n) is 8.02. The molecule has 0 aliphatic heterocycles. The van der Waals surface area contributed by atoms with Crippen LogP contribution < -0.4 is 0 Å². The van der Waals surface area contributed by atoms with Gasteiger partial charge in [0.2, 0.25) is 0 Å². The van der Waals surface area contributed by atoms with E-state index in [0.717, 1.165) is 6.42 Å². The van der Waals surface area contributed by atoms with Gasteiger partial charge in [-0.05, 0) is 19.8 Å². The number of methoxy groups -OCH3 is 1. The molecule has 0 saturated heterocycles. The van der Waals surface area contributed by atoms with Gasteiger partial charge in [0.15, 0.2) is 0 Å². The van der Waals surface area contributed by atoms with E-state index >= 15 is 0 Å². The molecule has 0 aliphatic carbocycles. The van der Waals surface area contributed by atoms with E-state index in [-0.39, 0.29) is 0 Å². The van der Waals surface area contributed by atoms with Crippen LogP contribution in [-0.4, -0.2) is 13.2 Å². The fourth-order valence-corrected chi connectivity index (χ4v) is 1.12. The van der Waals surface area contributed by atoms with Crippen LogP contribution in [0.25, 0.3) is 0 Å². The maximum absolute atomic E-state index is 5.30. The van der Waals surface area contributed by atoms with Gasteiger partial charge in [-0.25, -0.2) is 0 Å². The van der Waals surface area contributed by atoms with Gasteiger partial charge in [0.05, 0.1) is 6.10 Å². The van der Waals surface area contributed by atoms with Crippen LogP contribution in [0.1, 0.15) is 39.5 Å². The van der Waals surface area contributed by atoms with Crippen LogP contribution in [0, 0.1) is 0 Å². The van der Waals surface area contributed by atoms with Crippen LogP contribution in [0.15, 0.2) is 12.2 Å². The van der Waals surface area contributed by atoms with E-state index in [1.165, 1.54) is 24.8 Å². The molecule has 11 heavy (non-hydrogen) atoms. The van der Waals surface area contributed by atoms with Crippen LogP contribution in [0.5, 0.6) is 0 Å². The molecule has 1 nitrogen and oxygen atoms in total. The van der Waals surface area contributed by atoms with Gasteiger partial charge < -0.3 is 4.74 Å². The zero-order valence-corrected chi connectivity index (χ0v) is 8.02. The Morgan fingerprint density at radius 1 is 1.55 bits per heavy atom. The van der Waals surface area contributed by atoms with Crippen LogP contribution in [0.4, 0.5) is 0 Å². The zero-order chi connectivity index (χ0) is 8.69. The average Bonchev–Trinajstić information content (AvgIpc) is 1.97. The Bertz CT molecular complexity index is 107. The highest BCUT2D eigenvalue weighted by Crippen LogP contribution is 2.11. The Morgan fingerprint density at radius 2 is 2.18 bits per heavy atom. The summed E-state index contributed by atoms with van der Waals surface area (Å²) >= 11 is 0. The van der Waals surface area contributed by atoms with Crippen molar-refractivity contribution in [2.24, 2.45) is 0 Å². The van der Waals surface area contributed by atoms with Gasteiger partial charge in [-0.1, -0.05) is 25.3 Å². The summed E-state index contributed by atoms with van der Waals surface area (Å²) in [6, 6.07) is 0. The number of unbranched alkanes of at least 4 members (excludes halogenated alkanes) is 1. The lowest BCUT2D eigenvalue weighted by Crippen LogP contribution is -2.10. The minimum absolute atomic E-state index is 0.396. The van der Waals surface area contributed by atoms with Crippen molar-refractivity contribution in [3.63, 3.8) is 0 Å². The third-order valence-electron chi connectivity index (χ3n) is 1.79. The summed E-state index contributed by atoms with van der Waals surface area (Å²) in [6.45, 7) is 8.13. The Labute approximate surface area is 70.4 Å². The molecule has 1 heteroatoms. The highest BCUT2D eigenvalue weighted by molar-refractivity contribution is 4.90. The molecule has 0 bridgehead atoms. The molecule has 0 aliphatic rings. The van der Waals surface area contributed by atoms with Crippen molar-refractivity contribution in [3.05, 3.63) is 12.2 Å². The molecule has 66 valence electrons. The molecule has 0 heterocycles. The van der Waals surface area contributed by atoms with E-state index in [4.69, 9.17) is 4.74 Å². The summed E-state index contributed by atoms with van der Waals surface area (Å²) < 4.78 is 5.30. The van der Waals surface area contributed by atoms with E-state index in [2.05, 4.69) is 20.4 Å². The molecule has 0 N–H and O–H groups in total. The van der Waals surface area contributed by atoms with Gasteiger partial charge in [0, 0.05) is 7.11 Å². The Hall–Kier alpha value is -0.300. The highest BCUT2D eigenvalue weighted by Gasteiger charge is 2.05. The lowest BCUT2D eigenvalue weighted by molar-refractivity contribution is 0.0936. The van der Waals surface area contributed by atoms with E-state index < -0.39 is 0 Å². The van der Waals surface area contributed by atoms with Gasteiger partial charge in [0.25, 0.3) is 0 Å². The number of hydrogen-bond donors (Lipinski definition) is 0. The summed E-state index contributed by atoms with van der Waals surface area (Å²) in [7, 11) is 1.78. The minimum atomic E-state index is 0.396. The molecule has 0 saturated carbocycles. The fraction of sp³-hybridized carbons (Fsp3) is 0.800. The van der Waals surface area contributed by atoms with E-state index in [0.29, 0.717) is 6.10 Å². The summed E-state index contributed by atoms with van der Waals surface area (Å²) in [5, 5.41) is 0. The second-order valence-corrected chi connectivity index (χ2v) is 3.16. The van der Waals surface area contributed by atoms with Gasteiger partial charge in [0.1, 0.15) is 0 Å². The Kier molecular flexibility index (Phi) is 6.24. The molecule has 1 atom stereocenters. The lowest BCUT2D eigenvalue weighted by Gasteiger charge is -2.14. The first-order valence-corrected chi connectivity index (χ1v) is 4.37. The molecular weight excluding hydrogens is 136 g/mol. The van der Waals surface area contributed by atoms with Gasteiger partial charge in [-0.15, -0.1) is 6.58 Å². The topological polar surface area (TPSA) is 9.23 Å². The van der Waals surface area contributed by atoms with Crippen molar-refractivity contribution >= 4 is 0 Å². The fourth-order valence-electron chi connectivity index (χ4n) is 1.12. The van der Waals surface area contributed by atoms with Crippen molar-refractivity contribution in [2.75, 3.05) is 7.11 Å². The normalized spacial score (nSPS) is 13.0. The quantitative estimate of drug-likeness (QED) is 0.537. The monoisotopic (exact) mass is 156 g/mol. The molecule has 0 aromatic carbocycles. The first-order valence-electron chi connectivity index (χ1n) is 4.37. The van der Waals surface area contributed by atoms with Crippen molar-refractivity contribution in [1.29, 1.82) is 0 Å². The summed E-state index contributed by atoms with van der Waals surface area (Å²) in [5.74, 6) is 0. The smallest absolute Gasteiger partial charge is 0.0608 e. The van der Waals surface area contributed by atoms with Gasteiger partial charge in [-0.3, -0.25) is 0 Å². The van der Waals surface area contributed by atoms with Crippen molar-refractivity contribution in [3.8, 4) is 0 Å². The number of ether oxygens (including phenoxy) is 1. The molecule has 0 spiro atoms. The first-order chi connectivity index (χ1) is 5.20. The molecule has 0 amide bonds. The van der Waals surface area contributed by atoms with Crippen molar-refractivity contribution in [2.45, 2.75) is 45.6 Å². The Morgan fingerprint density at radius 3 is 2.55 bits per heavy atom. The number of hydrogen-bond acceptors (Lipinski definition) is 1. The van der Waals surface area contributed by atoms with Gasteiger partial charge in [-0.2, -0.15) is 0 Å². The SMILES string of the molecule is C=C(C)CC(CCCC)OC. The molecule has 1 unspecified atom stereocenters. The average molecular weight is 156 g/mol. The summed E-state index contributed by atoms with van der Waals surface area (Å²) in [5.41, 5.74) is 1.22. The maximum Gasteiger partial charge on any atom is 0.0608 e. The second-order valence-electron chi connectivity index (χ2n) is 3.16. The first kappa shape index (κ1) is 10.7. The Balaban J connectivity index is 3.49. The molecule has 0 fully saturated rings. The minimum Gasteiger partial charge on any atom is -0.381 e. The van der Waals surface area contributed by atoms with Gasteiger partial charge >= 0.3 is 0 Å². The van der Waals surface area contributed by atoms with Crippen molar-refractivity contribution < 1.29 is 4.74 Å². The number of rotatable bonds is 6. The third-order valence-corrected chi connectivity index (χ3v) is 1.79. The van der Waals surface area contributed by atoms with Crippen LogP contribution in [0.3, 0.4) is 0 Å². The second kappa shape index (κ2) is 6.41. The van der Waals surface area contributed by atoms with Crippen molar-refractivity contribution in [1.82, 2.24) is 0 Å². The standard InChI is InChI=1S/C10H20O/c1-5-6-7-10(11-4)8-9(2)3/h10H,2,5-8H2,1,3-4H3. The summed E-state index contributed by atoms with van der Waals surface area (Å²) in [6.07, 6.45) is 5.07. The third kappa shape index (κ3) is 6.11. The van der Waals surface area contributed by atoms with Crippen LogP contribution >= 0.6 is 0 Å². The molecular formula is C10H20O. The summed E-state index contributed by atoms with van der Waals surface area (Å²) in [4.78, 5) is 0. The highest BCUT2D eigenvalue weighted by atomic mass is 16.5. The largest absolute Gasteiger partial charge is 0.381 e. The van der Waals surface area contributed by atoms with E-state index in [9.17, 15) is 0 Å². The van der Waals surface area contributed by atoms with E-state index in [1.807, 2.05) is 0 Å². The molecule has 0 rings (SSSR count). The molecule has 0 aromatic heterocycles.